The molecule has 1 heterocycles. The van der Waals surface area contributed by atoms with Crippen molar-refractivity contribution in [3.05, 3.63) is 29.0 Å². The van der Waals surface area contributed by atoms with Gasteiger partial charge in [0, 0.05) is 13.1 Å². The van der Waals surface area contributed by atoms with E-state index in [4.69, 9.17) is 21.4 Å². The zero-order valence-electron chi connectivity index (χ0n) is 13.0. The van der Waals surface area contributed by atoms with Crippen LogP contribution in [0.2, 0.25) is 5.02 Å². The zero-order chi connectivity index (χ0) is 17.1. The van der Waals surface area contributed by atoms with Gasteiger partial charge in [-0.15, -0.1) is 0 Å². The van der Waals surface area contributed by atoms with Gasteiger partial charge in [0.1, 0.15) is 11.6 Å². The minimum absolute atomic E-state index is 0.0996. The van der Waals surface area contributed by atoms with Crippen molar-refractivity contribution in [2.75, 3.05) is 13.1 Å². The molecule has 1 aromatic carbocycles. The predicted octanol–water partition coefficient (Wildman–Crippen LogP) is 2.82. The Balaban J connectivity index is 1.99. The second kappa shape index (κ2) is 7.17. The van der Waals surface area contributed by atoms with Gasteiger partial charge in [0.15, 0.2) is 6.10 Å². The van der Waals surface area contributed by atoms with Crippen LogP contribution in [0.15, 0.2) is 18.2 Å². The number of aliphatic carboxylic acids is 1. The summed E-state index contributed by atoms with van der Waals surface area (Å²) in [4.78, 5) is 25.2. The third-order valence-corrected chi connectivity index (χ3v) is 4.37. The number of carbonyl (C=O) groups is 2. The highest BCUT2D eigenvalue weighted by molar-refractivity contribution is 6.32. The number of hydrogen-bond donors (Lipinski definition) is 1. The molecule has 1 aliphatic rings. The van der Waals surface area contributed by atoms with E-state index in [1.54, 1.807) is 11.8 Å². The molecule has 3 atom stereocenters. The highest BCUT2D eigenvalue weighted by Crippen LogP contribution is 2.27. The summed E-state index contributed by atoms with van der Waals surface area (Å²) in [5.74, 6) is -1.85. The molecule has 0 radical (unpaired) electrons. The first-order valence-electron chi connectivity index (χ1n) is 7.43. The molecule has 0 saturated carbocycles. The van der Waals surface area contributed by atoms with Crippen molar-refractivity contribution < 1.29 is 23.8 Å². The summed E-state index contributed by atoms with van der Waals surface area (Å²) >= 11 is 5.89. The van der Waals surface area contributed by atoms with Gasteiger partial charge >= 0.3 is 5.97 Å². The molecule has 1 N–H and O–H groups in total. The number of carboxylic acid groups (broad SMARTS) is 1. The van der Waals surface area contributed by atoms with Crippen LogP contribution in [0.3, 0.4) is 0 Å². The lowest BCUT2D eigenvalue weighted by atomic mass is 9.87. The second-order valence-corrected chi connectivity index (χ2v) is 6.24. The number of piperidine rings is 1. The van der Waals surface area contributed by atoms with E-state index in [9.17, 15) is 14.0 Å². The van der Waals surface area contributed by atoms with Gasteiger partial charge in [0.2, 0.25) is 0 Å². The first-order valence-corrected chi connectivity index (χ1v) is 7.80. The summed E-state index contributed by atoms with van der Waals surface area (Å²) in [6, 6.07) is 3.70. The highest BCUT2D eigenvalue weighted by Gasteiger charge is 2.34. The van der Waals surface area contributed by atoms with E-state index in [0.29, 0.717) is 19.5 Å². The van der Waals surface area contributed by atoms with Crippen molar-refractivity contribution in [2.45, 2.75) is 26.4 Å². The third-order valence-electron chi connectivity index (χ3n) is 4.08. The smallest absolute Gasteiger partial charge is 0.306 e. The lowest BCUT2D eigenvalue weighted by molar-refractivity contribution is -0.150. The van der Waals surface area contributed by atoms with Gasteiger partial charge < -0.3 is 14.7 Å². The molecule has 1 aromatic rings. The fourth-order valence-corrected chi connectivity index (χ4v) is 2.99. The molecule has 1 saturated heterocycles. The quantitative estimate of drug-likeness (QED) is 0.913. The summed E-state index contributed by atoms with van der Waals surface area (Å²) < 4.78 is 18.5. The Bertz CT molecular complexity index is 610. The fourth-order valence-electron chi connectivity index (χ4n) is 2.78. The second-order valence-electron chi connectivity index (χ2n) is 5.83. The number of nitrogens with zero attached hydrogens (tertiary/aromatic N) is 1. The van der Waals surface area contributed by atoms with Gasteiger partial charge in [0.25, 0.3) is 5.91 Å². The van der Waals surface area contributed by atoms with Crippen LogP contribution in [-0.4, -0.2) is 41.1 Å². The first-order chi connectivity index (χ1) is 10.8. The van der Waals surface area contributed by atoms with E-state index < -0.39 is 23.8 Å². The summed E-state index contributed by atoms with van der Waals surface area (Å²) in [5, 5.41) is 9.22. The number of ether oxygens (including phenoxy) is 1. The lowest BCUT2D eigenvalue weighted by Gasteiger charge is -2.36. The third kappa shape index (κ3) is 4.13. The van der Waals surface area contributed by atoms with Crippen LogP contribution in [0.1, 0.15) is 20.3 Å². The number of amides is 1. The summed E-state index contributed by atoms with van der Waals surface area (Å²) in [6.07, 6.45) is -0.363. The minimum atomic E-state index is -0.827. The maximum absolute atomic E-state index is 13.0. The standard InChI is InChI=1S/C16H19ClFNO4/c1-9-8-19(6-5-12(9)16(21)22)15(20)10(2)23-14-4-3-11(18)7-13(14)17/h3-4,7,9-10,12H,5-6,8H2,1-2H3,(H,21,22). The molecule has 0 bridgehead atoms. The van der Waals surface area contributed by atoms with Crippen molar-refractivity contribution in [1.82, 2.24) is 4.90 Å². The van der Waals surface area contributed by atoms with Gasteiger partial charge in [-0.2, -0.15) is 0 Å². The molecule has 126 valence electrons. The molecule has 7 heteroatoms. The van der Waals surface area contributed by atoms with E-state index in [1.807, 2.05) is 6.92 Å². The summed E-state index contributed by atoms with van der Waals surface area (Å²) in [7, 11) is 0. The molecule has 0 aromatic heterocycles. The Morgan fingerprint density at radius 2 is 2.17 bits per heavy atom. The molecular weight excluding hydrogens is 325 g/mol. The van der Waals surface area contributed by atoms with E-state index in [0.717, 1.165) is 6.07 Å². The molecule has 1 aliphatic heterocycles. The highest BCUT2D eigenvalue weighted by atomic mass is 35.5. The molecule has 3 unspecified atom stereocenters. The maximum atomic E-state index is 13.0. The van der Waals surface area contributed by atoms with Crippen LogP contribution in [0.4, 0.5) is 4.39 Å². The summed E-state index contributed by atoms with van der Waals surface area (Å²) in [5.41, 5.74) is 0. The van der Waals surface area contributed by atoms with Crippen LogP contribution in [0.25, 0.3) is 0 Å². The van der Waals surface area contributed by atoms with E-state index in [-0.39, 0.29) is 22.6 Å². The van der Waals surface area contributed by atoms with Crippen molar-refractivity contribution in [3.8, 4) is 5.75 Å². The van der Waals surface area contributed by atoms with Gasteiger partial charge in [-0.05, 0) is 37.5 Å². The molecule has 1 amide bonds. The Morgan fingerprint density at radius 1 is 1.48 bits per heavy atom. The zero-order valence-corrected chi connectivity index (χ0v) is 13.7. The number of hydrogen-bond acceptors (Lipinski definition) is 3. The average Bonchev–Trinajstić information content (AvgIpc) is 2.48. The van der Waals surface area contributed by atoms with Gasteiger partial charge in [-0.1, -0.05) is 18.5 Å². The molecule has 0 aliphatic carbocycles. The van der Waals surface area contributed by atoms with Crippen LogP contribution >= 0.6 is 11.6 Å². The number of halogens is 2. The van der Waals surface area contributed by atoms with Gasteiger partial charge in [-0.3, -0.25) is 9.59 Å². The van der Waals surface area contributed by atoms with Crippen molar-refractivity contribution >= 4 is 23.5 Å². The van der Waals surface area contributed by atoms with Crippen molar-refractivity contribution in [3.63, 3.8) is 0 Å². The van der Waals surface area contributed by atoms with E-state index >= 15 is 0 Å². The topological polar surface area (TPSA) is 66.8 Å². The minimum Gasteiger partial charge on any atom is -0.481 e. The van der Waals surface area contributed by atoms with Gasteiger partial charge in [-0.25, -0.2) is 4.39 Å². The van der Waals surface area contributed by atoms with E-state index in [2.05, 4.69) is 0 Å². The Labute approximate surface area is 139 Å². The Morgan fingerprint density at radius 3 is 2.74 bits per heavy atom. The van der Waals surface area contributed by atoms with Crippen molar-refractivity contribution in [1.29, 1.82) is 0 Å². The van der Waals surface area contributed by atoms with E-state index in [1.165, 1.54) is 12.1 Å². The lowest BCUT2D eigenvalue weighted by Crippen LogP contribution is -2.49. The number of likely N-dealkylation sites (tertiary alicyclic amines) is 1. The molecule has 0 spiro atoms. The number of carbonyl (C=O) groups excluding carboxylic acids is 1. The molecule has 2 rings (SSSR count). The normalized spacial score (nSPS) is 22.5. The summed E-state index contributed by atoms with van der Waals surface area (Å²) in [6.45, 7) is 4.17. The molecule has 23 heavy (non-hydrogen) atoms. The first kappa shape index (κ1) is 17.5. The van der Waals surface area contributed by atoms with Crippen molar-refractivity contribution in [2.24, 2.45) is 11.8 Å². The predicted molar refractivity (Wildman–Crippen MR) is 83.0 cm³/mol. The molecule has 5 nitrogen and oxygen atoms in total. The van der Waals surface area contributed by atoms with Crippen LogP contribution in [0, 0.1) is 17.7 Å². The fraction of sp³-hybridized carbons (Fsp3) is 0.500. The van der Waals surface area contributed by atoms with Crippen LogP contribution < -0.4 is 4.74 Å². The van der Waals surface area contributed by atoms with Gasteiger partial charge in [0.05, 0.1) is 10.9 Å². The van der Waals surface area contributed by atoms with Crippen LogP contribution in [0.5, 0.6) is 5.75 Å². The van der Waals surface area contributed by atoms with Crippen LogP contribution in [-0.2, 0) is 9.59 Å². The number of carboxylic acids is 1. The number of rotatable bonds is 4. The molecular formula is C16H19ClFNO4. The monoisotopic (exact) mass is 343 g/mol. The maximum Gasteiger partial charge on any atom is 0.306 e. The SMILES string of the molecule is CC(Oc1ccc(F)cc1Cl)C(=O)N1CCC(C(=O)O)C(C)C1. The number of benzene rings is 1. The average molecular weight is 344 g/mol. The molecule has 1 fully saturated rings. The Kier molecular flexibility index (Phi) is 5.46. The Hall–Kier alpha value is -1.82. The largest absolute Gasteiger partial charge is 0.481 e.